The Morgan fingerprint density at radius 2 is 0.739 bits per heavy atom. The second-order valence-corrected chi connectivity index (χ2v) is 20.7. The summed E-state index contributed by atoms with van der Waals surface area (Å²) >= 11 is 0. The van der Waals surface area contributed by atoms with Crippen LogP contribution in [0.3, 0.4) is 0 Å². The van der Waals surface area contributed by atoms with Crippen molar-refractivity contribution in [3.8, 4) is 0 Å². The Hall–Kier alpha value is -2.18. The third-order valence-corrected chi connectivity index (χ3v) is 13.8. The first-order valence-electron chi connectivity index (χ1n) is 30.4. The lowest BCUT2D eigenvalue weighted by molar-refractivity contribution is -0.143. The second kappa shape index (κ2) is 58.4. The first kappa shape index (κ1) is 66.8. The monoisotopic (exact) mass is 968 g/mol. The van der Waals surface area contributed by atoms with Crippen LogP contribution in [0.15, 0.2) is 48.6 Å². The fraction of sp³-hybridized carbons (Fsp3) is 0.841. The summed E-state index contributed by atoms with van der Waals surface area (Å²) in [6.45, 7) is 4.86. The quantitative estimate of drug-likeness (QED) is 0.0321. The topological polar surface area (TPSA) is 95.9 Å². The van der Waals surface area contributed by atoms with Crippen LogP contribution in [0.4, 0.5) is 0 Å². The zero-order valence-electron chi connectivity index (χ0n) is 46.0. The number of hydrogen-bond acceptors (Lipinski definition) is 5. The smallest absolute Gasteiger partial charge is 0.305 e. The second-order valence-electron chi connectivity index (χ2n) is 20.7. The van der Waals surface area contributed by atoms with Gasteiger partial charge in [-0.1, -0.05) is 268 Å². The molecule has 2 atom stereocenters. The van der Waals surface area contributed by atoms with E-state index >= 15 is 0 Å². The number of unbranched alkanes of at least 4 members (excludes halogenated alkanes) is 39. The molecule has 0 aromatic rings. The fourth-order valence-electron chi connectivity index (χ4n) is 9.12. The van der Waals surface area contributed by atoms with E-state index in [9.17, 15) is 19.8 Å². The molecule has 0 bridgehead atoms. The normalized spacial score (nSPS) is 12.9. The van der Waals surface area contributed by atoms with Crippen LogP contribution >= 0.6 is 0 Å². The third kappa shape index (κ3) is 55.0. The average molecular weight is 969 g/mol. The van der Waals surface area contributed by atoms with Crippen molar-refractivity contribution in [2.45, 2.75) is 328 Å². The molecule has 1 amide bonds. The summed E-state index contributed by atoms with van der Waals surface area (Å²) in [4.78, 5) is 24.5. The van der Waals surface area contributed by atoms with E-state index < -0.39 is 12.1 Å². The van der Waals surface area contributed by atoms with E-state index in [1.807, 2.05) is 6.08 Å². The minimum atomic E-state index is -0.852. The number of aliphatic hydroxyl groups excluding tert-OH is 2. The third-order valence-electron chi connectivity index (χ3n) is 13.8. The van der Waals surface area contributed by atoms with Gasteiger partial charge in [-0.2, -0.15) is 0 Å². The predicted octanol–water partition coefficient (Wildman–Crippen LogP) is 19.0. The van der Waals surface area contributed by atoms with Gasteiger partial charge in [0.05, 0.1) is 25.4 Å². The van der Waals surface area contributed by atoms with Gasteiger partial charge >= 0.3 is 5.97 Å². The molecule has 0 aliphatic heterocycles. The maximum atomic E-state index is 12.5. The Kier molecular flexibility index (Phi) is 56.5. The number of rotatable bonds is 56. The maximum absolute atomic E-state index is 12.5. The summed E-state index contributed by atoms with van der Waals surface area (Å²) in [5, 5.41) is 23.2. The molecular weight excluding hydrogens is 851 g/mol. The van der Waals surface area contributed by atoms with Gasteiger partial charge in [0.1, 0.15) is 0 Å². The van der Waals surface area contributed by atoms with Gasteiger partial charge in [0.25, 0.3) is 0 Å². The predicted molar refractivity (Wildman–Crippen MR) is 301 cm³/mol. The molecule has 404 valence electrons. The number of carbonyl (C=O) groups excluding carboxylic acids is 2. The Morgan fingerprint density at radius 1 is 0.406 bits per heavy atom. The van der Waals surface area contributed by atoms with Gasteiger partial charge < -0.3 is 20.3 Å². The Morgan fingerprint density at radius 3 is 1.16 bits per heavy atom. The van der Waals surface area contributed by atoms with Crippen molar-refractivity contribution < 1.29 is 24.5 Å². The number of esters is 1. The van der Waals surface area contributed by atoms with Gasteiger partial charge in [0, 0.05) is 12.8 Å². The average Bonchev–Trinajstić information content (AvgIpc) is 3.35. The molecule has 0 aromatic carbocycles. The maximum Gasteiger partial charge on any atom is 0.305 e. The van der Waals surface area contributed by atoms with Gasteiger partial charge in [-0.3, -0.25) is 9.59 Å². The number of hydrogen-bond donors (Lipinski definition) is 3. The number of nitrogens with one attached hydrogen (secondary N) is 1. The number of carbonyl (C=O) groups is 2. The molecule has 2 unspecified atom stereocenters. The van der Waals surface area contributed by atoms with Crippen LogP contribution in [-0.2, 0) is 14.3 Å². The molecule has 69 heavy (non-hydrogen) atoms. The lowest BCUT2D eigenvalue weighted by Gasteiger charge is -2.20. The Balaban J connectivity index is 3.50. The summed E-state index contributed by atoms with van der Waals surface area (Å²) < 4.78 is 5.45. The molecule has 0 saturated heterocycles. The SMILES string of the molecule is CCCC/C=C\CCCCCCCC(=O)OCCCCCCCCCCC/C=C\C/C=C\CCCCCCCCCC(=O)NC(CO)C(O)/C=C/CCCCCCCCCCCCCCCCCC. The van der Waals surface area contributed by atoms with E-state index in [1.165, 1.54) is 225 Å². The first-order chi connectivity index (χ1) is 34.0. The zero-order chi connectivity index (χ0) is 50.0. The molecule has 6 nitrogen and oxygen atoms in total. The van der Waals surface area contributed by atoms with Crippen LogP contribution in [0.5, 0.6) is 0 Å². The fourth-order valence-corrected chi connectivity index (χ4v) is 9.12. The minimum Gasteiger partial charge on any atom is -0.466 e. The summed E-state index contributed by atoms with van der Waals surface area (Å²) in [5.41, 5.74) is 0. The number of ether oxygens (including phenoxy) is 1. The standard InChI is InChI=1S/C63H117NO5/c1-3-5-7-9-11-13-15-16-17-18-26-29-32-36-39-43-47-51-55-61(66)60(59-65)64-62(67)56-52-48-44-40-37-33-30-27-24-22-20-19-21-23-25-28-31-34-38-42-46-50-54-58-69-63(68)57-53-49-45-41-35-14-12-10-8-6-4-2/h10,12,19,21-22,24,51,55,60-61,65-66H,3-9,11,13-18,20,23,25-50,52-54,56-59H2,1-2H3,(H,64,67)/b12-10-,21-19-,24-22-,55-51+. The van der Waals surface area contributed by atoms with E-state index in [2.05, 4.69) is 55.6 Å². The Bertz CT molecular complexity index is 1160. The molecule has 0 rings (SSSR count). The van der Waals surface area contributed by atoms with Gasteiger partial charge in [-0.05, 0) is 83.5 Å². The number of aliphatic hydroxyl groups is 2. The van der Waals surface area contributed by atoms with Crippen molar-refractivity contribution in [2.24, 2.45) is 0 Å². The highest BCUT2D eigenvalue weighted by molar-refractivity contribution is 5.76. The van der Waals surface area contributed by atoms with Crippen molar-refractivity contribution in [1.82, 2.24) is 5.32 Å². The highest BCUT2D eigenvalue weighted by Gasteiger charge is 2.18. The lowest BCUT2D eigenvalue weighted by Crippen LogP contribution is -2.45. The first-order valence-corrected chi connectivity index (χ1v) is 30.4. The van der Waals surface area contributed by atoms with Crippen molar-refractivity contribution in [2.75, 3.05) is 13.2 Å². The van der Waals surface area contributed by atoms with E-state index in [-0.39, 0.29) is 18.5 Å². The molecule has 0 aliphatic rings. The van der Waals surface area contributed by atoms with Gasteiger partial charge in [-0.25, -0.2) is 0 Å². The summed E-state index contributed by atoms with van der Waals surface area (Å²) in [7, 11) is 0. The summed E-state index contributed by atoms with van der Waals surface area (Å²) in [6, 6.07) is -0.637. The van der Waals surface area contributed by atoms with Crippen molar-refractivity contribution in [3.63, 3.8) is 0 Å². The van der Waals surface area contributed by atoms with Crippen molar-refractivity contribution in [3.05, 3.63) is 48.6 Å². The molecular formula is C63H117NO5. The molecule has 6 heteroatoms. The highest BCUT2D eigenvalue weighted by Crippen LogP contribution is 2.16. The van der Waals surface area contributed by atoms with E-state index in [0.717, 1.165) is 64.2 Å². The molecule has 0 radical (unpaired) electrons. The molecule has 0 aromatic heterocycles. The highest BCUT2D eigenvalue weighted by atomic mass is 16.5. The van der Waals surface area contributed by atoms with Crippen LogP contribution in [0.2, 0.25) is 0 Å². The molecule has 3 N–H and O–H groups in total. The van der Waals surface area contributed by atoms with Crippen LogP contribution < -0.4 is 5.32 Å². The van der Waals surface area contributed by atoms with Gasteiger partial charge in [0.2, 0.25) is 5.91 Å². The lowest BCUT2D eigenvalue weighted by atomic mass is 10.0. The Labute approximate surface area is 429 Å². The molecule has 0 spiro atoms. The van der Waals surface area contributed by atoms with Gasteiger partial charge in [0.15, 0.2) is 0 Å². The van der Waals surface area contributed by atoms with Gasteiger partial charge in [-0.15, -0.1) is 0 Å². The van der Waals surface area contributed by atoms with Crippen LogP contribution in [0.25, 0.3) is 0 Å². The zero-order valence-corrected chi connectivity index (χ0v) is 46.0. The number of amides is 1. The largest absolute Gasteiger partial charge is 0.466 e. The van der Waals surface area contributed by atoms with Crippen molar-refractivity contribution >= 4 is 11.9 Å². The molecule has 0 aliphatic carbocycles. The van der Waals surface area contributed by atoms with Crippen molar-refractivity contribution in [1.29, 1.82) is 0 Å². The van der Waals surface area contributed by atoms with Crippen LogP contribution in [0.1, 0.15) is 316 Å². The van der Waals surface area contributed by atoms with E-state index in [0.29, 0.717) is 19.4 Å². The van der Waals surface area contributed by atoms with Crippen LogP contribution in [0, 0.1) is 0 Å². The number of allylic oxidation sites excluding steroid dienone is 7. The van der Waals surface area contributed by atoms with E-state index in [4.69, 9.17) is 4.74 Å². The summed E-state index contributed by atoms with van der Waals surface area (Å²) in [6.07, 6.45) is 74.3. The minimum absolute atomic E-state index is 0.00500. The molecule has 0 saturated carbocycles. The van der Waals surface area contributed by atoms with Crippen LogP contribution in [-0.4, -0.2) is 47.4 Å². The molecule has 0 fully saturated rings. The molecule has 0 heterocycles. The summed E-state index contributed by atoms with van der Waals surface area (Å²) in [5.74, 6) is -0.0823. The van der Waals surface area contributed by atoms with E-state index in [1.54, 1.807) is 6.08 Å².